The van der Waals surface area contributed by atoms with Crippen molar-refractivity contribution in [2.75, 3.05) is 30.3 Å². The van der Waals surface area contributed by atoms with Gasteiger partial charge in [-0.05, 0) is 36.5 Å². The van der Waals surface area contributed by atoms with Crippen LogP contribution >= 0.6 is 0 Å². The number of carbonyl (C=O) groups is 1. The van der Waals surface area contributed by atoms with Crippen LogP contribution in [-0.2, 0) is 4.79 Å². The van der Waals surface area contributed by atoms with Crippen LogP contribution < -0.4 is 16.0 Å². The van der Waals surface area contributed by atoms with E-state index in [2.05, 4.69) is 20.4 Å². The van der Waals surface area contributed by atoms with Gasteiger partial charge in [0.1, 0.15) is 5.75 Å². The summed E-state index contributed by atoms with van der Waals surface area (Å²) in [6.07, 6.45) is 2.51. The zero-order chi connectivity index (χ0) is 17.4. The summed E-state index contributed by atoms with van der Waals surface area (Å²) in [6.45, 7) is 2.42. The Labute approximate surface area is 145 Å². The maximum absolute atomic E-state index is 11.6. The van der Waals surface area contributed by atoms with Crippen molar-refractivity contribution in [1.29, 1.82) is 0 Å². The van der Waals surface area contributed by atoms with E-state index in [9.17, 15) is 9.90 Å². The number of benzene rings is 1. The lowest BCUT2D eigenvalue weighted by atomic mass is 9.77. The largest absolute Gasteiger partial charge is 0.507 e. The van der Waals surface area contributed by atoms with Gasteiger partial charge in [-0.1, -0.05) is 12.1 Å². The third-order valence-electron chi connectivity index (χ3n) is 5.34. The van der Waals surface area contributed by atoms with Gasteiger partial charge in [-0.25, -0.2) is 0 Å². The normalized spacial score (nSPS) is 19.2. The number of hydrogen-bond acceptors (Lipinski definition) is 6. The molecule has 7 nitrogen and oxygen atoms in total. The van der Waals surface area contributed by atoms with E-state index in [1.165, 1.54) is 0 Å². The molecular weight excluding hydrogens is 318 g/mol. The van der Waals surface area contributed by atoms with E-state index in [-0.39, 0.29) is 17.1 Å². The van der Waals surface area contributed by atoms with Crippen molar-refractivity contribution in [2.24, 2.45) is 5.41 Å². The number of piperidine rings is 1. The molecule has 2 aliphatic rings. The number of phenolic OH excluding ortho intramolecular Hbond substituents is 1. The molecule has 0 unspecified atom stereocenters. The molecule has 1 aromatic heterocycles. The number of anilines is 2. The number of nitrogens with two attached hydrogens (primary N) is 1. The van der Waals surface area contributed by atoms with Crippen LogP contribution in [0.4, 0.5) is 11.5 Å². The summed E-state index contributed by atoms with van der Waals surface area (Å²) in [7, 11) is 0. The molecule has 2 aliphatic heterocycles. The molecule has 1 spiro atoms. The second kappa shape index (κ2) is 5.91. The number of nitrogens with zero attached hydrogens (tertiary/aromatic N) is 3. The maximum Gasteiger partial charge on any atom is 0.220 e. The Bertz CT molecular complexity index is 815. The fraction of sp³-hybridized carbons (Fsp3) is 0.389. The van der Waals surface area contributed by atoms with Crippen LogP contribution in [0.15, 0.2) is 30.3 Å². The number of para-hydroxylation sites is 1. The monoisotopic (exact) mass is 339 g/mol. The molecule has 130 valence electrons. The molecule has 0 radical (unpaired) electrons. The smallest absolute Gasteiger partial charge is 0.220 e. The number of aromatic hydroxyl groups is 1. The predicted octanol–water partition coefficient (Wildman–Crippen LogP) is 1.54. The van der Waals surface area contributed by atoms with Gasteiger partial charge in [-0.2, -0.15) is 0 Å². The van der Waals surface area contributed by atoms with Crippen LogP contribution in [-0.4, -0.2) is 40.8 Å². The van der Waals surface area contributed by atoms with Crippen LogP contribution in [0.5, 0.6) is 5.75 Å². The number of rotatable bonds is 2. The topological polar surface area (TPSA) is 104 Å². The summed E-state index contributed by atoms with van der Waals surface area (Å²) < 4.78 is 0. The highest BCUT2D eigenvalue weighted by molar-refractivity contribution is 5.79. The molecule has 0 saturated carbocycles. The first-order chi connectivity index (χ1) is 12.1. The Kier molecular flexibility index (Phi) is 3.71. The number of carbonyl (C=O) groups excluding carboxylic acids is 1. The number of amides is 1. The first-order valence-electron chi connectivity index (χ1n) is 8.50. The number of aromatic nitrogens is 2. The Morgan fingerprint density at radius 2 is 1.96 bits per heavy atom. The van der Waals surface area contributed by atoms with Gasteiger partial charge in [0.15, 0.2) is 5.82 Å². The zero-order valence-electron chi connectivity index (χ0n) is 13.9. The van der Waals surface area contributed by atoms with Crippen molar-refractivity contribution >= 4 is 17.4 Å². The van der Waals surface area contributed by atoms with E-state index >= 15 is 0 Å². The first-order valence-corrected chi connectivity index (χ1v) is 8.50. The second-order valence-corrected chi connectivity index (χ2v) is 6.96. The lowest BCUT2D eigenvalue weighted by molar-refractivity contribution is -0.119. The number of nitrogens with one attached hydrogen (secondary N) is 1. The molecule has 25 heavy (non-hydrogen) atoms. The zero-order valence-corrected chi connectivity index (χ0v) is 13.9. The Hall–Kier alpha value is -2.83. The summed E-state index contributed by atoms with van der Waals surface area (Å²) in [5.41, 5.74) is 8.21. The van der Waals surface area contributed by atoms with Crippen LogP contribution in [0.3, 0.4) is 0 Å². The molecule has 2 saturated heterocycles. The van der Waals surface area contributed by atoms with E-state index in [0.29, 0.717) is 23.5 Å². The molecule has 4 rings (SSSR count). The average Bonchev–Trinajstić information content (AvgIpc) is 2.97. The van der Waals surface area contributed by atoms with Crippen LogP contribution in [0.25, 0.3) is 11.3 Å². The van der Waals surface area contributed by atoms with Crippen molar-refractivity contribution in [1.82, 2.24) is 15.5 Å². The molecule has 2 fully saturated rings. The van der Waals surface area contributed by atoms with Crippen molar-refractivity contribution in [2.45, 2.75) is 19.3 Å². The minimum Gasteiger partial charge on any atom is -0.507 e. The minimum atomic E-state index is 0.0866. The number of nitrogen functional groups attached to an aromatic ring is 1. The van der Waals surface area contributed by atoms with Gasteiger partial charge in [-0.3, -0.25) is 4.79 Å². The van der Waals surface area contributed by atoms with Gasteiger partial charge in [0, 0.05) is 31.6 Å². The number of hydrogen-bond donors (Lipinski definition) is 3. The molecular formula is C18H21N5O2. The lowest BCUT2D eigenvalue weighted by Crippen LogP contribution is -2.41. The molecule has 7 heteroatoms. The minimum absolute atomic E-state index is 0.0866. The molecule has 0 aliphatic carbocycles. The van der Waals surface area contributed by atoms with Gasteiger partial charge in [0.2, 0.25) is 5.91 Å². The second-order valence-electron chi connectivity index (χ2n) is 6.96. The standard InChI is InChI=1S/C18H21N5O2/c19-17-14(9-13(21-22-17)12-3-1-2-4-15(12)24)23-7-5-18(6-8-23)10-16(25)20-11-18/h1-4,9,24H,5-8,10-11H2,(H2,19,22)(H,20,25). The van der Waals surface area contributed by atoms with Crippen LogP contribution in [0.1, 0.15) is 19.3 Å². The molecule has 4 N–H and O–H groups in total. The SMILES string of the molecule is Nc1nnc(-c2ccccc2O)cc1N1CCC2(CC1)CNC(=O)C2. The van der Waals surface area contributed by atoms with Gasteiger partial charge in [0.25, 0.3) is 0 Å². The third-order valence-corrected chi connectivity index (χ3v) is 5.34. The van der Waals surface area contributed by atoms with Crippen molar-refractivity contribution < 1.29 is 9.90 Å². The Balaban J connectivity index is 1.58. The van der Waals surface area contributed by atoms with Crippen LogP contribution in [0, 0.1) is 5.41 Å². The van der Waals surface area contributed by atoms with Gasteiger partial charge < -0.3 is 21.1 Å². The van der Waals surface area contributed by atoms with Gasteiger partial charge in [-0.15, -0.1) is 10.2 Å². The third kappa shape index (κ3) is 2.86. The molecule has 0 atom stereocenters. The average molecular weight is 339 g/mol. The molecule has 1 aromatic carbocycles. The summed E-state index contributed by atoms with van der Waals surface area (Å²) in [5, 5.41) is 21.2. The summed E-state index contributed by atoms with van der Waals surface area (Å²) in [5.74, 6) is 0.705. The molecule has 3 heterocycles. The molecule has 2 aromatic rings. The van der Waals surface area contributed by atoms with Crippen molar-refractivity contribution in [3.05, 3.63) is 30.3 Å². The van der Waals surface area contributed by atoms with E-state index < -0.39 is 0 Å². The highest BCUT2D eigenvalue weighted by atomic mass is 16.3. The summed E-state index contributed by atoms with van der Waals surface area (Å²) in [4.78, 5) is 13.8. The Morgan fingerprint density at radius 3 is 2.64 bits per heavy atom. The predicted molar refractivity (Wildman–Crippen MR) is 95.1 cm³/mol. The van der Waals surface area contributed by atoms with Gasteiger partial charge >= 0.3 is 0 Å². The summed E-state index contributed by atoms with van der Waals surface area (Å²) in [6, 6.07) is 8.93. The molecule has 1 amide bonds. The van der Waals surface area contributed by atoms with Crippen molar-refractivity contribution in [3.63, 3.8) is 0 Å². The molecule has 0 bridgehead atoms. The maximum atomic E-state index is 11.6. The highest BCUT2D eigenvalue weighted by Gasteiger charge is 2.41. The fourth-order valence-corrected chi connectivity index (χ4v) is 3.79. The summed E-state index contributed by atoms with van der Waals surface area (Å²) >= 11 is 0. The van der Waals surface area contributed by atoms with E-state index in [0.717, 1.165) is 38.2 Å². The van der Waals surface area contributed by atoms with Gasteiger partial charge in [0.05, 0.1) is 11.4 Å². The quantitative estimate of drug-likeness (QED) is 0.767. The number of phenols is 1. The van der Waals surface area contributed by atoms with E-state index in [4.69, 9.17) is 5.73 Å². The van der Waals surface area contributed by atoms with Crippen molar-refractivity contribution in [3.8, 4) is 17.0 Å². The first kappa shape index (κ1) is 15.7. The highest BCUT2D eigenvalue weighted by Crippen LogP contribution is 2.40. The van der Waals surface area contributed by atoms with E-state index in [1.54, 1.807) is 18.2 Å². The Morgan fingerprint density at radius 1 is 1.20 bits per heavy atom. The van der Waals surface area contributed by atoms with Crippen LogP contribution in [0.2, 0.25) is 0 Å². The van der Waals surface area contributed by atoms with E-state index in [1.807, 2.05) is 12.1 Å². The lowest BCUT2D eigenvalue weighted by Gasteiger charge is -2.39. The fourth-order valence-electron chi connectivity index (χ4n) is 3.79.